The molecule has 0 aromatic heterocycles. The van der Waals surface area contributed by atoms with E-state index in [9.17, 15) is 37.8 Å². The molecule has 48 heavy (non-hydrogen) atoms. The van der Waals surface area contributed by atoms with Crippen LogP contribution in [0.1, 0.15) is 59.3 Å². The lowest BCUT2D eigenvalue weighted by atomic mass is 9.73. The van der Waals surface area contributed by atoms with E-state index in [-0.39, 0.29) is 31.3 Å². The van der Waals surface area contributed by atoms with E-state index in [1.54, 1.807) is 17.1 Å². The second-order valence-corrected chi connectivity index (χ2v) is 12.6. The number of nitrogens with one attached hydrogen (secondary N) is 2. The standard InChI is InChI=1S/C32H37F3N4O9/c1-12-7-16-8-19-30(43)39-18(23(38(19)5)21(16)24(41)25(12)45-6)9-17-22(28-27(46-11-47-28)13(2)26(17)48-15(4)40)20(39)10-36-29(42)14(3)37-31(44)32(33,34)35/h7,14,18-20,23,30,41,43H,8-11H2,1-6H3,(H,36,42)(H,37,44)/t14-,18?,19+,20-,23-,30-/m0/s1. The van der Waals surface area contributed by atoms with Gasteiger partial charge in [0, 0.05) is 41.8 Å². The first-order valence-corrected chi connectivity index (χ1v) is 15.4. The van der Waals surface area contributed by atoms with Crippen molar-refractivity contribution in [3.63, 3.8) is 0 Å². The summed E-state index contributed by atoms with van der Waals surface area (Å²) in [6.45, 7) is 5.52. The molecule has 1 unspecified atom stereocenters. The van der Waals surface area contributed by atoms with E-state index < -0.39 is 60.4 Å². The number of halogens is 3. The Morgan fingerprint density at radius 2 is 1.79 bits per heavy atom. The number of carbonyl (C=O) groups excluding carboxylic acids is 3. The monoisotopic (exact) mass is 678 g/mol. The molecule has 0 radical (unpaired) electrons. The second kappa shape index (κ2) is 12.0. The molecule has 260 valence electrons. The van der Waals surface area contributed by atoms with Crippen LogP contribution in [0.2, 0.25) is 0 Å². The quantitative estimate of drug-likeness (QED) is 0.262. The minimum Gasteiger partial charge on any atom is -0.504 e. The molecular formula is C32H37F3N4O9. The summed E-state index contributed by atoms with van der Waals surface area (Å²) >= 11 is 0. The Bertz CT molecular complexity index is 1700. The minimum atomic E-state index is -5.18. The number of alkyl halides is 3. The number of piperazine rings is 1. The average Bonchev–Trinajstić information content (AvgIpc) is 3.50. The number of amides is 2. The second-order valence-electron chi connectivity index (χ2n) is 12.6. The third-order valence-electron chi connectivity index (χ3n) is 9.81. The molecular weight excluding hydrogens is 641 g/mol. The van der Waals surface area contributed by atoms with Gasteiger partial charge in [0.25, 0.3) is 0 Å². The number of aromatic hydroxyl groups is 1. The fourth-order valence-corrected chi connectivity index (χ4v) is 7.81. The summed E-state index contributed by atoms with van der Waals surface area (Å²) in [6.07, 6.45) is -5.76. The predicted octanol–water partition coefficient (Wildman–Crippen LogP) is 2.05. The van der Waals surface area contributed by atoms with Crippen molar-refractivity contribution in [2.45, 2.75) is 83.1 Å². The van der Waals surface area contributed by atoms with Crippen molar-refractivity contribution in [2.24, 2.45) is 0 Å². The van der Waals surface area contributed by atoms with Gasteiger partial charge in [-0.25, -0.2) is 0 Å². The Morgan fingerprint density at radius 1 is 1.10 bits per heavy atom. The zero-order chi connectivity index (χ0) is 35.0. The highest BCUT2D eigenvalue weighted by molar-refractivity contribution is 5.89. The third kappa shape index (κ3) is 5.26. The van der Waals surface area contributed by atoms with E-state index in [2.05, 4.69) is 5.32 Å². The van der Waals surface area contributed by atoms with Crippen LogP contribution in [0, 0.1) is 13.8 Å². The summed E-state index contributed by atoms with van der Waals surface area (Å²) in [5.41, 5.74) is 3.70. The fourth-order valence-electron chi connectivity index (χ4n) is 7.81. The van der Waals surface area contributed by atoms with Gasteiger partial charge < -0.3 is 39.8 Å². The van der Waals surface area contributed by atoms with E-state index in [1.807, 2.05) is 24.9 Å². The van der Waals surface area contributed by atoms with Gasteiger partial charge in [-0.2, -0.15) is 13.2 Å². The molecule has 13 nitrogen and oxygen atoms in total. The summed E-state index contributed by atoms with van der Waals surface area (Å²) in [4.78, 5) is 40.8. The molecule has 2 bridgehead atoms. The number of carbonyl (C=O) groups is 3. The van der Waals surface area contributed by atoms with Gasteiger partial charge in [0.1, 0.15) is 18.0 Å². The van der Waals surface area contributed by atoms with Crippen molar-refractivity contribution < 1.29 is 56.7 Å². The number of aryl methyl sites for hydroxylation is 1. The largest absolute Gasteiger partial charge is 0.504 e. The van der Waals surface area contributed by atoms with Crippen molar-refractivity contribution in [1.82, 2.24) is 20.4 Å². The van der Waals surface area contributed by atoms with Crippen molar-refractivity contribution >= 4 is 17.8 Å². The van der Waals surface area contributed by atoms with Gasteiger partial charge in [-0.1, -0.05) is 6.07 Å². The van der Waals surface area contributed by atoms with E-state index in [0.29, 0.717) is 45.9 Å². The average molecular weight is 679 g/mol. The maximum atomic E-state index is 13.1. The normalized spacial score (nSPS) is 24.9. The number of esters is 1. The van der Waals surface area contributed by atoms with Crippen LogP contribution in [0.3, 0.4) is 0 Å². The van der Waals surface area contributed by atoms with E-state index in [0.717, 1.165) is 18.1 Å². The van der Waals surface area contributed by atoms with Crippen LogP contribution in [-0.2, 0) is 27.2 Å². The number of benzene rings is 2. The molecule has 0 aliphatic carbocycles. The highest BCUT2D eigenvalue weighted by atomic mass is 19.4. The molecule has 0 spiro atoms. The smallest absolute Gasteiger partial charge is 0.471 e. The number of hydrogen-bond donors (Lipinski definition) is 4. The number of phenolic OH excluding ortho intramolecular Hbond substituents is 1. The molecule has 4 heterocycles. The fraction of sp³-hybridized carbons (Fsp3) is 0.531. The Hall–Kier alpha value is -4.28. The van der Waals surface area contributed by atoms with Crippen LogP contribution in [0.15, 0.2) is 6.07 Å². The van der Waals surface area contributed by atoms with Gasteiger partial charge in [-0.15, -0.1) is 0 Å². The number of methoxy groups -OCH3 is 1. The lowest BCUT2D eigenvalue weighted by molar-refractivity contribution is -0.175. The summed E-state index contributed by atoms with van der Waals surface area (Å²) in [5, 5.41) is 28.0. The van der Waals surface area contributed by atoms with Crippen LogP contribution in [0.4, 0.5) is 13.2 Å². The lowest BCUT2D eigenvalue weighted by Crippen LogP contribution is -2.69. The van der Waals surface area contributed by atoms with Gasteiger partial charge in [0.2, 0.25) is 12.7 Å². The minimum absolute atomic E-state index is 0.0360. The number of hydrogen-bond acceptors (Lipinski definition) is 11. The Labute approximate surface area is 273 Å². The number of aliphatic hydroxyl groups excluding tert-OH is 1. The summed E-state index contributed by atoms with van der Waals surface area (Å²) in [5.74, 6) is -2.61. The zero-order valence-electron chi connectivity index (χ0n) is 27.2. The molecule has 2 aromatic rings. The molecule has 6 rings (SSSR count). The maximum Gasteiger partial charge on any atom is 0.471 e. The number of ether oxygens (including phenoxy) is 4. The van der Waals surface area contributed by atoms with Crippen molar-refractivity contribution in [3.8, 4) is 28.7 Å². The molecule has 2 amide bonds. The number of fused-ring (bicyclic) bond motifs is 9. The summed E-state index contributed by atoms with van der Waals surface area (Å²) in [6, 6.07) is -2.09. The molecule has 4 N–H and O–H groups in total. The summed E-state index contributed by atoms with van der Waals surface area (Å²) in [7, 11) is 3.31. The zero-order valence-corrected chi connectivity index (χ0v) is 27.2. The number of likely N-dealkylation sites (N-methyl/N-ethyl adjacent to an activating group) is 1. The SMILES string of the molecule is COc1c(C)cc2c(c1O)[C@@H]1C3Cc4c(OC(C)=O)c(C)c5c(c4[C@H](CNC(=O)[C@H](C)NC(=O)C(F)(F)F)N3[C@@H](O)[C@@H](C2)N1C)OCO5. The Kier molecular flexibility index (Phi) is 8.40. The number of phenols is 1. The van der Waals surface area contributed by atoms with Crippen LogP contribution in [0.5, 0.6) is 28.7 Å². The molecule has 1 saturated heterocycles. The van der Waals surface area contributed by atoms with Crippen LogP contribution < -0.4 is 29.6 Å². The van der Waals surface area contributed by atoms with Crippen molar-refractivity contribution in [2.75, 3.05) is 27.5 Å². The van der Waals surface area contributed by atoms with Gasteiger partial charge in [-0.3, -0.25) is 24.2 Å². The topological polar surface area (TPSA) is 159 Å². The van der Waals surface area contributed by atoms with Crippen molar-refractivity contribution in [3.05, 3.63) is 39.4 Å². The third-order valence-corrected chi connectivity index (χ3v) is 9.81. The van der Waals surface area contributed by atoms with Gasteiger partial charge in [0.15, 0.2) is 23.0 Å². The molecule has 6 atom stereocenters. The van der Waals surface area contributed by atoms with E-state index in [4.69, 9.17) is 18.9 Å². The molecule has 1 fully saturated rings. The molecule has 0 saturated carbocycles. The molecule has 2 aromatic carbocycles. The van der Waals surface area contributed by atoms with Gasteiger partial charge in [-0.05, 0) is 51.8 Å². The highest BCUT2D eigenvalue weighted by Crippen LogP contribution is 2.58. The van der Waals surface area contributed by atoms with Crippen LogP contribution in [-0.4, -0.2) is 95.8 Å². The molecule has 4 aliphatic heterocycles. The van der Waals surface area contributed by atoms with Crippen molar-refractivity contribution in [1.29, 1.82) is 0 Å². The van der Waals surface area contributed by atoms with E-state index >= 15 is 0 Å². The first kappa shape index (κ1) is 33.6. The number of nitrogens with zero attached hydrogens (tertiary/aromatic N) is 2. The molecule has 16 heteroatoms. The Balaban J connectivity index is 1.49. The summed E-state index contributed by atoms with van der Waals surface area (Å²) < 4.78 is 61.7. The first-order valence-electron chi connectivity index (χ1n) is 15.4. The Morgan fingerprint density at radius 3 is 2.44 bits per heavy atom. The van der Waals surface area contributed by atoms with E-state index in [1.165, 1.54) is 14.0 Å². The number of rotatable bonds is 6. The van der Waals surface area contributed by atoms with Crippen LogP contribution >= 0.6 is 0 Å². The molecule has 4 aliphatic rings. The lowest BCUT2D eigenvalue weighted by Gasteiger charge is -2.60. The predicted molar refractivity (Wildman–Crippen MR) is 161 cm³/mol. The maximum absolute atomic E-state index is 13.1. The highest BCUT2D eigenvalue weighted by Gasteiger charge is 2.56. The van der Waals surface area contributed by atoms with Gasteiger partial charge in [0.05, 0.1) is 25.2 Å². The number of aliphatic hydroxyl groups is 1. The first-order chi connectivity index (χ1) is 22.6. The van der Waals surface area contributed by atoms with Gasteiger partial charge >= 0.3 is 18.1 Å². The van der Waals surface area contributed by atoms with Crippen LogP contribution in [0.25, 0.3) is 0 Å².